The van der Waals surface area contributed by atoms with E-state index in [0.717, 1.165) is 43.0 Å². The number of benzene rings is 1. The number of aromatic nitrogens is 2. The maximum absolute atomic E-state index is 12.5. The number of anilines is 2. The molecule has 1 aromatic heterocycles. The minimum atomic E-state index is -0.207. The number of rotatable bonds is 3. The number of nitrogens with zero attached hydrogens (tertiary/aromatic N) is 4. The van der Waals surface area contributed by atoms with Gasteiger partial charge in [0.1, 0.15) is 5.69 Å². The Kier molecular flexibility index (Phi) is 4.76. The van der Waals surface area contributed by atoms with E-state index in [1.807, 2.05) is 32.0 Å². The van der Waals surface area contributed by atoms with Gasteiger partial charge < -0.3 is 15.1 Å². The second-order valence-electron chi connectivity index (χ2n) is 6.23. The quantitative estimate of drug-likeness (QED) is 0.936. The summed E-state index contributed by atoms with van der Waals surface area (Å²) in [4.78, 5) is 25.7. The second-order valence-corrected chi connectivity index (χ2v) is 6.23. The third-order valence-electron chi connectivity index (χ3n) is 4.51. The lowest BCUT2D eigenvalue weighted by atomic mass is 10.1. The monoisotopic (exact) mass is 325 g/mol. The summed E-state index contributed by atoms with van der Waals surface area (Å²) in [6.45, 7) is 7.73. The Bertz CT molecular complexity index is 738. The van der Waals surface area contributed by atoms with Crippen LogP contribution in [-0.2, 0) is 0 Å². The number of piperazine rings is 1. The molecule has 1 N–H and O–H groups in total. The Labute approximate surface area is 142 Å². The molecule has 2 aromatic rings. The van der Waals surface area contributed by atoms with Gasteiger partial charge in [-0.25, -0.2) is 9.97 Å². The molecule has 0 spiro atoms. The van der Waals surface area contributed by atoms with Crippen molar-refractivity contribution in [3.63, 3.8) is 0 Å². The van der Waals surface area contributed by atoms with E-state index in [-0.39, 0.29) is 5.91 Å². The van der Waals surface area contributed by atoms with Crippen molar-refractivity contribution in [2.75, 3.05) is 43.4 Å². The zero-order valence-corrected chi connectivity index (χ0v) is 14.4. The van der Waals surface area contributed by atoms with Crippen LogP contribution in [0, 0.1) is 13.8 Å². The molecule has 6 nitrogen and oxygen atoms in total. The van der Waals surface area contributed by atoms with Gasteiger partial charge in [0.15, 0.2) is 0 Å². The summed E-state index contributed by atoms with van der Waals surface area (Å²) >= 11 is 0. The third kappa shape index (κ3) is 3.54. The number of nitrogens with one attached hydrogen (secondary N) is 1. The molecular formula is C18H23N5O. The Morgan fingerprint density at radius 1 is 1.12 bits per heavy atom. The lowest BCUT2D eigenvalue weighted by molar-refractivity contribution is 0.102. The summed E-state index contributed by atoms with van der Waals surface area (Å²) in [5.74, 6) is 0.415. The molecule has 0 aliphatic carbocycles. The maximum Gasteiger partial charge on any atom is 0.274 e. The number of aryl methyl sites for hydroxylation is 1. The molecule has 1 aliphatic rings. The Hall–Kier alpha value is -2.47. The van der Waals surface area contributed by atoms with Crippen molar-refractivity contribution < 1.29 is 4.79 Å². The smallest absolute Gasteiger partial charge is 0.274 e. The Balaban J connectivity index is 1.76. The molecule has 0 radical (unpaired) electrons. The van der Waals surface area contributed by atoms with Gasteiger partial charge in [-0.05, 0) is 44.2 Å². The number of hydrogen-bond donors (Lipinski definition) is 1. The number of amides is 1. The number of carbonyl (C=O) groups excluding carboxylic acids is 1. The van der Waals surface area contributed by atoms with E-state index in [1.54, 1.807) is 12.3 Å². The van der Waals surface area contributed by atoms with Crippen LogP contribution < -0.4 is 10.2 Å². The normalized spacial score (nSPS) is 15.4. The average molecular weight is 325 g/mol. The first kappa shape index (κ1) is 16.4. The van der Waals surface area contributed by atoms with Crippen molar-refractivity contribution in [3.05, 3.63) is 47.3 Å². The van der Waals surface area contributed by atoms with E-state index >= 15 is 0 Å². The molecule has 126 valence electrons. The van der Waals surface area contributed by atoms with Crippen LogP contribution in [0.2, 0.25) is 0 Å². The first-order valence-corrected chi connectivity index (χ1v) is 8.18. The highest BCUT2D eigenvalue weighted by Gasteiger charge is 2.18. The standard InChI is InChI=1S/C18H23N5O/c1-13-5-4-6-15(14(13)2)20-17(24)16-7-8-19-18(21-16)23-11-9-22(3)10-12-23/h4-8H,9-12H2,1-3H3,(H,20,24). The zero-order chi connectivity index (χ0) is 17.1. The molecule has 1 aromatic carbocycles. The van der Waals surface area contributed by atoms with E-state index < -0.39 is 0 Å². The molecule has 3 rings (SSSR count). The zero-order valence-electron chi connectivity index (χ0n) is 14.4. The maximum atomic E-state index is 12.5. The largest absolute Gasteiger partial charge is 0.338 e. The fraction of sp³-hybridized carbons (Fsp3) is 0.389. The summed E-state index contributed by atoms with van der Waals surface area (Å²) in [6.07, 6.45) is 1.65. The van der Waals surface area contributed by atoms with Crippen LogP contribution in [0.1, 0.15) is 21.6 Å². The van der Waals surface area contributed by atoms with Gasteiger partial charge in [0, 0.05) is 38.1 Å². The van der Waals surface area contributed by atoms with Gasteiger partial charge in [-0.2, -0.15) is 0 Å². The highest BCUT2D eigenvalue weighted by atomic mass is 16.1. The van der Waals surface area contributed by atoms with Crippen LogP contribution in [0.4, 0.5) is 11.6 Å². The van der Waals surface area contributed by atoms with E-state index in [0.29, 0.717) is 11.6 Å². The van der Waals surface area contributed by atoms with E-state index in [1.165, 1.54) is 0 Å². The SMILES string of the molecule is Cc1cccc(NC(=O)c2ccnc(N3CCN(C)CC3)n2)c1C. The van der Waals surface area contributed by atoms with Crippen LogP contribution in [0.5, 0.6) is 0 Å². The number of likely N-dealkylation sites (N-methyl/N-ethyl adjacent to an activating group) is 1. The molecule has 0 bridgehead atoms. The van der Waals surface area contributed by atoms with Gasteiger partial charge in [-0.1, -0.05) is 12.1 Å². The van der Waals surface area contributed by atoms with Crippen LogP contribution in [0.25, 0.3) is 0 Å². The first-order valence-electron chi connectivity index (χ1n) is 8.18. The van der Waals surface area contributed by atoms with E-state index in [9.17, 15) is 4.79 Å². The fourth-order valence-corrected chi connectivity index (χ4v) is 2.71. The molecule has 24 heavy (non-hydrogen) atoms. The first-order chi connectivity index (χ1) is 11.5. The van der Waals surface area contributed by atoms with Crippen molar-refractivity contribution in [2.24, 2.45) is 0 Å². The van der Waals surface area contributed by atoms with Crippen molar-refractivity contribution in [1.29, 1.82) is 0 Å². The molecule has 0 saturated carbocycles. The Morgan fingerprint density at radius 3 is 2.62 bits per heavy atom. The molecule has 0 atom stereocenters. The fourth-order valence-electron chi connectivity index (χ4n) is 2.71. The van der Waals surface area contributed by atoms with Gasteiger partial charge in [0.05, 0.1) is 0 Å². The minimum Gasteiger partial charge on any atom is -0.338 e. The van der Waals surface area contributed by atoms with Crippen molar-refractivity contribution in [2.45, 2.75) is 13.8 Å². The van der Waals surface area contributed by atoms with Crippen LogP contribution >= 0.6 is 0 Å². The third-order valence-corrected chi connectivity index (χ3v) is 4.51. The molecule has 1 saturated heterocycles. The lowest BCUT2D eigenvalue weighted by Crippen LogP contribution is -2.45. The van der Waals surface area contributed by atoms with Gasteiger partial charge in [-0.3, -0.25) is 4.79 Å². The van der Waals surface area contributed by atoms with Gasteiger partial charge in [-0.15, -0.1) is 0 Å². The molecule has 1 aliphatic heterocycles. The summed E-state index contributed by atoms with van der Waals surface area (Å²) in [7, 11) is 2.10. The van der Waals surface area contributed by atoms with Gasteiger partial charge >= 0.3 is 0 Å². The highest BCUT2D eigenvalue weighted by Crippen LogP contribution is 2.19. The van der Waals surface area contributed by atoms with Crippen LogP contribution in [0.3, 0.4) is 0 Å². The lowest BCUT2D eigenvalue weighted by Gasteiger charge is -2.32. The van der Waals surface area contributed by atoms with E-state index in [2.05, 4.69) is 32.1 Å². The van der Waals surface area contributed by atoms with Crippen molar-refractivity contribution >= 4 is 17.5 Å². The summed E-state index contributed by atoms with van der Waals surface area (Å²) in [6, 6.07) is 7.53. The topological polar surface area (TPSA) is 61.4 Å². The molecular weight excluding hydrogens is 302 g/mol. The number of hydrogen-bond acceptors (Lipinski definition) is 5. The van der Waals surface area contributed by atoms with Crippen molar-refractivity contribution in [1.82, 2.24) is 14.9 Å². The minimum absolute atomic E-state index is 0.207. The van der Waals surface area contributed by atoms with Gasteiger partial charge in [0.2, 0.25) is 5.95 Å². The van der Waals surface area contributed by atoms with Crippen LogP contribution in [-0.4, -0.2) is 54.0 Å². The molecule has 6 heteroatoms. The predicted molar refractivity (Wildman–Crippen MR) is 95.6 cm³/mol. The van der Waals surface area contributed by atoms with Crippen molar-refractivity contribution in [3.8, 4) is 0 Å². The summed E-state index contributed by atoms with van der Waals surface area (Å²) in [5.41, 5.74) is 3.42. The second kappa shape index (κ2) is 6.97. The average Bonchev–Trinajstić information content (AvgIpc) is 2.60. The van der Waals surface area contributed by atoms with E-state index in [4.69, 9.17) is 0 Å². The highest BCUT2D eigenvalue weighted by molar-refractivity contribution is 6.03. The predicted octanol–water partition coefficient (Wildman–Crippen LogP) is 2.10. The molecule has 1 fully saturated rings. The number of carbonyl (C=O) groups is 1. The summed E-state index contributed by atoms with van der Waals surface area (Å²) in [5, 5.41) is 2.95. The molecule has 0 unspecified atom stereocenters. The molecule has 1 amide bonds. The molecule has 2 heterocycles. The van der Waals surface area contributed by atoms with Crippen LogP contribution in [0.15, 0.2) is 30.5 Å². The summed E-state index contributed by atoms with van der Waals surface area (Å²) < 4.78 is 0. The Morgan fingerprint density at radius 2 is 1.88 bits per heavy atom. The van der Waals surface area contributed by atoms with Gasteiger partial charge in [0.25, 0.3) is 5.91 Å².